The molecule has 0 aromatic heterocycles. The van der Waals surface area contributed by atoms with Crippen molar-refractivity contribution in [3.05, 3.63) is 29.8 Å². The second-order valence-corrected chi connectivity index (χ2v) is 4.29. The molecule has 0 saturated carbocycles. The molecule has 1 nitrogen and oxygen atoms in total. The molecule has 0 heterocycles. The molecule has 0 N–H and O–H groups in total. The highest BCUT2D eigenvalue weighted by Gasteiger charge is 2.30. The molecule has 0 saturated heterocycles. The Bertz CT molecular complexity index is 330. The van der Waals surface area contributed by atoms with Crippen LogP contribution in [0, 0.1) is 5.92 Å². The Kier molecular flexibility index (Phi) is 4.85. The van der Waals surface area contributed by atoms with E-state index in [1.807, 2.05) is 0 Å². The molecule has 0 aliphatic carbocycles. The number of hydrogen-bond donors (Lipinski definition) is 0. The van der Waals surface area contributed by atoms with E-state index in [4.69, 9.17) is 0 Å². The fraction of sp³-hybridized carbons (Fsp3) is 0.538. The van der Waals surface area contributed by atoms with Crippen LogP contribution in [0.3, 0.4) is 0 Å². The summed E-state index contributed by atoms with van der Waals surface area (Å²) in [6.45, 7) is 4.26. The average Bonchev–Trinajstić information content (AvgIpc) is 2.19. The zero-order valence-corrected chi connectivity index (χ0v) is 10.1. The van der Waals surface area contributed by atoms with Crippen LogP contribution in [0.2, 0.25) is 0 Å². The summed E-state index contributed by atoms with van der Waals surface area (Å²) < 4.78 is 39.6. The van der Waals surface area contributed by atoms with Gasteiger partial charge in [-0.05, 0) is 30.0 Å². The van der Waals surface area contributed by atoms with Crippen LogP contribution in [0.25, 0.3) is 0 Å². The highest BCUT2D eigenvalue weighted by atomic mass is 19.4. The van der Waals surface area contributed by atoms with E-state index in [2.05, 4.69) is 18.6 Å². The van der Waals surface area contributed by atoms with Crippen molar-refractivity contribution in [2.75, 3.05) is 0 Å². The normalized spacial score (nSPS) is 13.5. The molecule has 1 atom stereocenters. The largest absolute Gasteiger partial charge is 0.573 e. The molecular weight excluding hydrogens is 229 g/mol. The summed E-state index contributed by atoms with van der Waals surface area (Å²) in [6.07, 6.45) is -1.48. The van der Waals surface area contributed by atoms with Gasteiger partial charge in [0, 0.05) is 0 Å². The summed E-state index contributed by atoms with van der Waals surface area (Å²) in [5, 5.41) is 0. The maximum absolute atomic E-state index is 11.9. The predicted octanol–water partition coefficient (Wildman–Crippen LogP) is 4.56. The molecule has 0 spiro atoms. The van der Waals surface area contributed by atoms with Crippen molar-refractivity contribution < 1.29 is 17.9 Å². The summed E-state index contributed by atoms with van der Waals surface area (Å²) in [5.41, 5.74) is 1.04. The minimum Gasteiger partial charge on any atom is -0.406 e. The number of halogens is 3. The van der Waals surface area contributed by atoms with E-state index in [1.165, 1.54) is 12.1 Å². The van der Waals surface area contributed by atoms with E-state index in [0.29, 0.717) is 5.92 Å². The van der Waals surface area contributed by atoms with Crippen molar-refractivity contribution in [3.8, 4) is 5.75 Å². The summed E-state index contributed by atoms with van der Waals surface area (Å²) in [7, 11) is 0. The maximum atomic E-state index is 11.9. The second-order valence-electron chi connectivity index (χ2n) is 4.29. The van der Waals surface area contributed by atoms with Gasteiger partial charge in [0.15, 0.2) is 0 Å². The lowest BCUT2D eigenvalue weighted by Crippen LogP contribution is -2.17. The van der Waals surface area contributed by atoms with E-state index in [1.54, 1.807) is 12.1 Å². The fourth-order valence-corrected chi connectivity index (χ4v) is 1.82. The Morgan fingerprint density at radius 2 is 1.76 bits per heavy atom. The van der Waals surface area contributed by atoms with Crippen LogP contribution < -0.4 is 4.74 Å². The van der Waals surface area contributed by atoms with Crippen LogP contribution in [-0.4, -0.2) is 6.36 Å². The van der Waals surface area contributed by atoms with Crippen molar-refractivity contribution in [3.63, 3.8) is 0 Å². The van der Waals surface area contributed by atoms with Crippen LogP contribution in [0.15, 0.2) is 24.3 Å². The quantitative estimate of drug-likeness (QED) is 0.739. The Labute approximate surface area is 99.6 Å². The van der Waals surface area contributed by atoms with Crippen LogP contribution >= 0.6 is 0 Å². The van der Waals surface area contributed by atoms with Gasteiger partial charge in [-0.3, -0.25) is 0 Å². The number of hydrogen-bond acceptors (Lipinski definition) is 1. The summed E-state index contributed by atoms with van der Waals surface area (Å²) in [6, 6.07) is 6.10. The Morgan fingerprint density at radius 3 is 2.24 bits per heavy atom. The van der Waals surface area contributed by atoms with Gasteiger partial charge in [0.25, 0.3) is 0 Å². The lowest BCUT2D eigenvalue weighted by Gasteiger charge is -2.11. The van der Waals surface area contributed by atoms with Crippen LogP contribution in [-0.2, 0) is 6.42 Å². The van der Waals surface area contributed by atoms with Gasteiger partial charge in [-0.25, -0.2) is 0 Å². The summed E-state index contributed by atoms with van der Waals surface area (Å²) in [4.78, 5) is 0. The first-order chi connectivity index (χ1) is 7.90. The summed E-state index contributed by atoms with van der Waals surface area (Å²) >= 11 is 0. The zero-order valence-electron chi connectivity index (χ0n) is 10.1. The smallest absolute Gasteiger partial charge is 0.406 e. The summed E-state index contributed by atoms with van der Waals surface area (Å²) in [5.74, 6) is 0.388. The van der Waals surface area contributed by atoms with Crippen molar-refractivity contribution in [2.24, 2.45) is 5.92 Å². The molecule has 1 aromatic rings. The van der Waals surface area contributed by atoms with Gasteiger partial charge in [0.05, 0.1) is 0 Å². The molecule has 0 aliphatic heterocycles. The topological polar surface area (TPSA) is 9.23 Å². The SMILES string of the molecule is CCCC(C)Cc1ccc(OC(F)(F)F)cc1. The molecule has 4 heteroatoms. The monoisotopic (exact) mass is 246 g/mol. The number of benzene rings is 1. The molecule has 1 unspecified atom stereocenters. The lowest BCUT2D eigenvalue weighted by molar-refractivity contribution is -0.274. The van der Waals surface area contributed by atoms with E-state index >= 15 is 0 Å². The van der Waals surface area contributed by atoms with E-state index in [0.717, 1.165) is 24.8 Å². The zero-order chi connectivity index (χ0) is 12.9. The molecule has 96 valence electrons. The van der Waals surface area contributed by atoms with E-state index in [-0.39, 0.29) is 5.75 Å². The number of ether oxygens (including phenoxy) is 1. The molecule has 1 rings (SSSR count). The first kappa shape index (κ1) is 13.9. The second kappa shape index (κ2) is 5.94. The van der Waals surface area contributed by atoms with E-state index < -0.39 is 6.36 Å². The van der Waals surface area contributed by atoms with Crippen LogP contribution in [0.4, 0.5) is 13.2 Å². The Hall–Kier alpha value is -1.19. The van der Waals surface area contributed by atoms with Gasteiger partial charge in [-0.15, -0.1) is 13.2 Å². The van der Waals surface area contributed by atoms with Gasteiger partial charge >= 0.3 is 6.36 Å². The number of alkyl halides is 3. The maximum Gasteiger partial charge on any atom is 0.573 e. The van der Waals surface area contributed by atoms with Gasteiger partial charge in [-0.1, -0.05) is 38.8 Å². The van der Waals surface area contributed by atoms with Crippen molar-refractivity contribution in [1.29, 1.82) is 0 Å². The molecule has 0 radical (unpaired) electrons. The van der Waals surface area contributed by atoms with Crippen LogP contribution in [0.1, 0.15) is 32.3 Å². The third-order valence-corrected chi connectivity index (χ3v) is 2.52. The molecule has 0 fully saturated rings. The van der Waals surface area contributed by atoms with Gasteiger partial charge in [-0.2, -0.15) is 0 Å². The Morgan fingerprint density at radius 1 is 1.18 bits per heavy atom. The van der Waals surface area contributed by atoms with Crippen LogP contribution in [0.5, 0.6) is 5.75 Å². The van der Waals surface area contributed by atoms with Gasteiger partial charge in [0.1, 0.15) is 5.75 Å². The van der Waals surface area contributed by atoms with Crippen molar-refractivity contribution in [2.45, 2.75) is 39.5 Å². The lowest BCUT2D eigenvalue weighted by atomic mass is 9.97. The fourth-order valence-electron chi connectivity index (χ4n) is 1.82. The van der Waals surface area contributed by atoms with Crippen molar-refractivity contribution >= 4 is 0 Å². The standard InChI is InChI=1S/C13H17F3O/c1-3-4-10(2)9-11-5-7-12(8-6-11)17-13(14,15)16/h5-8,10H,3-4,9H2,1-2H3. The number of rotatable bonds is 5. The Balaban J connectivity index is 2.56. The minimum absolute atomic E-state index is 0.163. The minimum atomic E-state index is -4.61. The van der Waals surface area contributed by atoms with E-state index in [9.17, 15) is 13.2 Å². The first-order valence-corrected chi connectivity index (χ1v) is 5.75. The van der Waals surface area contributed by atoms with Crippen molar-refractivity contribution in [1.82, 2.24) is 0 Å². The van der Waals surface area contributed by atoms with Gasteiger partial charge < -0.3 is 4.74 Å². The highest BCUT2D eigenvalue weighted by molar-refractivity contribution is 5.27. The molecular formula is C13H17F3O. The third-order valence-electron chi connectivity index (χ3n) is 2.52. The third kappa shape index (κ3) is 5.61. The average molecular weight is 246 g/mol. The highest BCUT2D eigenvalue weighted by Crippen LogP contribution is 2.23. The molecule has 0 aliphatic rings. The predicted molar refractivity (Wildman–Crippen MR) is 60.9 cm³/mol. The van der Waals surface area contributed by atoms with Gasteiger partial charge in [0.2, 0.25) is 0 Å². The molecule has 0 bridgehead atoms. The molecule has 0 amide bonds. The molecule has 1 aromatic carbocycles. The first-order valence-electron chi connectivity index (χ1n) is 5.75. The molecule has 17 heavy (non-hydrogen) atoms.